The molecule has 0 saturated heterocycles. The van der Waals surface area contributed by atoms with Gasteiger partial charge in [-0.1, -0.05) is 18.2 Å². The molecule has 26 heavy (non-hydrogen) atoms. The summed E-state index contributed by atoms with van der Waals surface area (Å²) >= 11 is 0. The van der Waals surface area contributed by atoms with Gasteiger partial charge >= 0.3 is 0 Å². The zero-order valence-corrected chi connectivity index (χ0v) is 14.7. The van der Waals surface area contributed by atoms with E-state index in [9.17, 15) is 14.4 Å². The molecule has 1 heterocycles. The number of fused-ring (bicyclic) bond motifs is 1. The predicted octanol–water partition coefficient (Wildman–Crippen LogP) is 2.63. The molecule has 0 fully saturated rings. The smallest absolute Gasteiger partial charge is 0.261 e. The van der Waals surface area contributed by atoms with E-state index in [4.69, 9.17) is 4.74 Å². The summed E-state index contributed by atoms with van der Waals surface area (Å²) in [6.07, 6.45) is 0. The van der Waals surface area contributed by atoms with Crippen LogP contribution in [-0.4, -0.2) is 35.8 Å². The second kappa shape index (κ2) is 7.39. The Kier molecular flexibility index (Phi) is 5.02. The minimum Gasteiger partial charge on any atom is -0.493 e. The summed E-state index contributed by atoms with van der Waals surface area (Å²) in [6, 6.07) is 11.9. The van der Waals surface area contributed by atoms with Gasteiger partial charge in [0.25, 0.3) is 17.7 Å². The second-order valence-electron chi connectivity index (χ2n) is 5.87. The van der Waals surface area contributed by atoms with Gasteiger partial charge < -0.3 is 10.1 Å². The lowest BCUT2D eigenvalue weighted by Gasteiger charge is -2.16. The highest BCUT2D eigenvalue weighted by atomic mass is 16.5. The van der Waals surface area contributed by atoms with Gasteiger partial charge in [-0.2, -0.15) is 0 Å². The predicted molar refractivity (Wildman–Crippen MR) is 96.3 cm³/mol. The largest absolute Gasteiger partial charge is 0.493 e. The van der Waals surface area contributed by atoms with Crippen molar-refractivity contribution in [3.63, 3.8) is 0 Å². The summed E-state index contributed by atoms with van der Waals surface area (Å²) in [5.74, 6) is -0.414. The average Bonchev–Trinajstić information content (AvgIpc) is 2.88. The molecule has 3 amide bonds. The van der Waals surface area contributed by atoms with Crippen molar-refractivity contribution in [2.45, 2.75) is 20.4 Å². The number of carbonyl (C=O) groups excluding carboxylic acids is 3. The normalized spacial score (nSPS) is 12.9. The molecule has 2 aromatic rings. The lowest BCUT2D eigenvalue weighted by Crippen LogP contribution is -2.29. The molecule has 0 unspecified atom stereocenters. The first-order valence-corrected chi connectivity index (χ1v) is 8.56. The van der Waals surface area contributed by atoms with E-state index in [1.807, 2.05) is 13.8 Å². The second-order valence-corrected chi connectivity index (χ2v) is 5.87. The van der Waals surface area contributed by atoms with Gasteiger partial charge in [-0.05, 0) is 43.7 Å². The number of rotatable bonds is 6. The van der Waals surface area contributed by atoms with Crippen molar-refractivity contribution >= 4 is 17.7 Å². The number of ether oxygens (including phenoxy) is 1. The van der Waals surface area contributed by atoms with Crippen LogP contribution >= 0.6 is 0 Å². The van der Waals surface area contributed by atoms with Crippen LogP contribution < -0.4 is 10.1 Å². The van der Waals surface area contributed by atoms with Crippen LogP contribution in [0.15, 0.2) is 42.5 Å². The number of nitrogens with one attached hydrogen (secondary N) is 1. The molecule has 0 aromatic heterocycles. The zero-order valence-electron chi connectivity index (χ0n) is 14.7. The van der Waals surface area contributed by atoms with Crippen LogP contribution in [0.1, 0.15) is 50.5 Å². The van der Waals surface area contributed by atoms with Crippen molar-refractivity contribution in [1.82, 2.24) is 10.2 Å². The fourth-order valence-electron chi connectivity index (χ4n) is 2.96. The molecule has 2 aromatic carbocycles. The van der Waals surface area contributed by atoms with Gasteiger partial charge in [0.2, 0.25) is 0 Å². The van der Waals surface area contributed by atoms with E-state index >= 15 is 0 Å². The molecule has 0 atom stereocenters. The van der Waals surface area contributed by atoms with Crippen molar-refractivity contribution in [2.24, 2.45) is 0 Å². The number of amides is 3. The Morgan fingerprint density at radius 1 is 1.04 bits per heavy atom. The van der Waals surface area contributed by atoms with Gasteiger partial charge in [0.15, 0.2) is 0 Å². The summed E-state index contributed by atoms with van der Waals surface area (Å²) in [5.41, 5.74) is 1.90. The monoisotopic (exact) mass is 352 g/mol. The molecule has 6 nitrogen and oxygen atoms in total. The fourth-order valence-corrected chi connectivity index (χ4v) is 2.96. The molecule has 0 radical (unpaired) electrons. The highest BCUT2D eigenvalue weighted by Gasteiger charge is 2.35. The van der Waals surface area contributed by atoms with Crippen molar-refractivity contribution in [2.75, 3.05) is 13.2 Å². The molecule has 134 valence electrons. The van der Waals surface area contributed by atoms with Gasteiger partial charge in [-0.25, -0.2) is 0 Å². The lowest BCUT2D eigenvalue weighted by molar-refractivity contribution is 0.0642. The molecule has 1 N–H and O–H groups in total. The van der Waals surface area contributed by atoms with Gasteiger partial charge in [-0.3, -0.25) is 19.3 Å². The molecule has 1 aliphatic rings. The molecule has 6 heteroatoms. The number of hydrogen-bond acceptors (Lipinski definition) is 4. The summed E-state index contributed by atoms with van der Waals surface area (Å²) in [7, 11) is 0. The van der Waals surface area contributed by atoms with Gasteiger partial charge in [-0.15, -0.1) is 0 Å². The maximum Gasteiger partial charge on any atom is 0.261 e. The van der Waals surface area contributed by atoms with E-state index in [0.29, 0.717) is 41.2 Å². The van der Waals surface area contributed by atoms with E-state index in [0.717, 1.165) is 0 Å². The number of imide groups is 1. The molecule has 3 rings (SSSR count). The van der Waals surface area contributed by atoms with Crippen LogP contribution in [0.2, 0.25) is 0 Å². The fraction of sp³-hybridized carbons (Fsp3) is 0.250. The van der Waals surface area contributed by atoms with Crippen LogP contribution in [0.5, 0.6) is 5.75 Å². The highest BCUT2D eigenvalue weighted by molar-refractivity contribution is 6.21. The molecule has 0 spiro atoms. The summed E-state index contributed by atoms with van der Waals surface area (Å²) in [5, 5.41) is 2.75. The molecular formula is C20H20N2O4. The highest BCUT2D eigenvalue weighted by Crippen LogP contribution is 2.26. The first-order chi connectivity index (χ1) is 12.6. The quantitative estimate of drug-likeness (QED) is 0.811. The number of hydrogen-bond donors (Lipinski definition) is 1. The van der Waals surface area contributed by atoms with Crippen LogP contribution in [0.3, 0.4) is 0 Å². The summed E-state index contributed by atoms with van der Waals surface area (Å²) < 4.78 is 5.51. The Bertz CT molecular complexity index is 841. The van der Waals surface area contributed by atoms with Crippen LogP contribution in [0.25, 0.3) is 0 Å². The molecule has 0 saturated carbocycles. The van der Waals surface area contributed by atoms with Gasteiger partial charge in [0.05, 0.1) is 29.8 Å². The van der Waals surface area contributed by atoms with Crippen molar-refractivity contribution in [1.29, 1.82) is 0 Å². The zero-order chi connectivity index (χ0) is 18.7. The van der Waals surface area contributed by atoms with Crippen molar-refractivity contribution in [3.05, 3.63) is 64.7 Å². The van der Waals surface area contributed by atoms with Gasteiger partial charge in [0.1, 0.15) is 5.75 Å². The van der Waals surface area contributed by atoms with E-state index in [1.54, 1.807) is 42.5 Å². The lowest BCUT2D eigenvalue weighted by atomic mass is 10.1. The van der Waals surface area contributed by atoms with Crippen LogP contribution in [0.4, 0.5) is 0 Å². The van der Waals surface area contributed by atoms with E-state index < -0.39 is 0 Å². The summed E-state index contributed by atoms with van der Waals surface area (Å²) in [4.78, 5) is 38.5. The van der Waals surface area contributed by atoms with Crippen molar-refractivity contribution in [3.8, 4) is 5.75 Å². The number of nitrogens with zero attached hydrogens (tertiary/aromatic N) is 1. The average molecular weight is 352 g/mol. The molecule has 0 bridgehead atoms. The topological polar surface area (TPSA) is 75.7 Å². The SMILES string of the molecule is CCNC(=O)c1cc(CN2C(=O)c3ccccc3C2=O)ccc1OCC. The van der Waals surface area contributed by atoms with Crippen LogP contribution in [0, 0.1) is 0 Å². The minimum absolute atomic E-state index is 0.102. The standard InChI is InChI=1S/C20H20N2O4/c1-3-21-18(23)16-11-13(9-10-17(16)26-4-2)12-22-19(24)14-7-5-6-8-15(14)20(22)25/h5-11H,3-4,12H2,1-2H3,(H,21,23). The Morgan fingerprint density at radius 3 is 2.27 bits per heavy atom. The third-order valence-electron chi connectivity index (χ3n) is 4.14. The first-order valence-electron chi connectivity index (χ1n) is 8.56. The number of benzene rings is 2. The van der Waals surface area contributed by atoms with Crippen LogP contribution in [-0.2, 0) is 6.54 Å². The first kappa shape index (κ1) is 17.7. The summed E-state index contributed by atoms with van der Waals surface area (Å²) in [6.45, 7) is 4.71. The maximum absolute atomic E-state index is 12.5. The Hall–Kier alpha value is -3.15. The van der Waals surface area contributed by atoms with E-state index in [2.05, 4.69) is 5.32 Å². The number of carbonyl (C=O) groups is 3. The van der Waals surface area contributed by atoms with E-state index in [1.165, 1.54) is 4.90 Å². The molecular weight excluding hydrogens is 332 g/mol. The molecule has 0 aliphatic carbocycles. The van der Waals surface area contributed by atoms with E-state index in [-0.39, 0.29) is 24.3 Å². The Morgan fingerprint density at radius 2 is 1.69 bits per heavy atom. The van der Waals surface area contributed by atoms with Crippen molar-refractivity contribution < 1.29 is 19.1 Å². The minimum atomic E-state index is -0.320. The Labute approximate surface area is 151 Å². The third kappa shape index (κ3) is 3.18. The Balaban J connectivity index is 1.89. The third-order valence-corrected chi connectivity index (χ3v) is 4.14. The molecule has 1 aliphatic heterocycles. The maximum atomic E-state index is 12.5. The van der Waals surface area contributed by atoms with Gasteiger partial charge in [0, 0.05) is 6.54 Å².